The number of rotatable bonds is 13. The van der Waals surface area contributed by atoms with Gasteiger partial charge in [0, 0.05) is 40.3 Å². The predicted molar refractivity (Wildman–Crippen MR) is 152 cm³/mol. The Kier molecular flexibility index (Phi) is 9.81. The number of thiazole rings is 1. The lowest BCUT2D eigenvalue weighted by molar-refractivity contribution is 0.0228. The Labute approximate surface area is 223 Å². The van der Waals surface area contributed by atoms with Crippen LogP contribution in [0.2, 0.25) is 51.4 Å². The number of aromatic nitrogens is 3. The molecular formula is C25H37N3O6SSi2. The molecule has 0 fully saturated rings. The van der Waals surface area contributed by atoms with Gasteiger partial charge in [-0.3, -0.25) is 9.36 Å². The fourth-order valence-corrected chi connectivity index (χ4v) is 5.54. The Morgan fingerprint density at radius 1 is 1.03 bits per heavy atom. The largest absolute Gasteiger partial charge is 0.465 e. The molecule has 0 saturated carbocycles. The molecule has 0 unspecified atom stereocenters. The van der Waals surface area contributed by atoms with Crippen LogP contribution in [0, 0.1) is 0 Å². The Hall–Kier alpha value is -2.39. The summed E-state index contributed by atoms with van der Waals surface area (Å²) in [6.45, 7) is 15.1. The number of esters is 1. The van der Waals surface area contributed by atoms with E-state index in [4.69, 9.17) is 18.9 Å². The van der Waals surface area contributed by atoms with E-state index in [0.717, 1.165) is 12.1 Å². The summed E-state index contributed by atoms with van der Waals surface area (Å²) in [5.41, 5.74) is 1.04. The predicted octanol–water partition coefficient (Wildman–Crippen LogP) is 5.31. The maximum Gasteiger partial charge on any atom is 0.357 e. The first-order chi connectivity index (χ1) is 17.4. The SMILES string of the molecule is COC(=O)c1csc(-c2cc(OCOCC[Si](C)(C)C)c3ncn(COCC[Si](C)(C)C)c(=O)c3c2)n1. The van der Waals surface area contributed by atoms with Crippen molar-refractivity contribution < 1.29 is 23.7 Å². The van der Waals surface area contributed by atoms with Crippen molar-refractivity contribution in [3.63, 3.8) is 0 Å². The van der Waals surface area contributed by atoms with Gasteiger partial charge in [0.2, 0.25) is 0 Å². The summed E-state index contributed by atoms with van der Waals surface area (Å²) in [5.74, 6) is -0.103. The highest BCUT2D eigenvalue weighted by Crippen LogP contribution is 2.32. The summed E-state index contributed by atoms with van der Waals surface area (Å²) in [7, 11) is -1.15. The fraction of sp³-hybridized carbons (Fsp3) is 0.520. The van der Waals surface area contributed by atoms with Gasteiger partial charge in [0.05, 0.1) is 12.5 Å². The lowest BCUT2D eigenvalue weighted by atomic mass is 10.1. The quantitative estimate of drug-likeness (QED) is 0.119. The highest BCUT2D eigenvalue weighted by molar-refractivity contribution is 7.13. The van der Waals surface area contributed by atoms with Gasteiger partial charge in [0.1, 0.15) is 29.3 Å². The van der Waals surface area contributed by atoms with E-state index in [9.17, 15) is 9.59 Å². The average molecular weight is 564 g/mol. The third kappa shape index (κ3) is 8.57. The van der Waals surface area contributed by atoms with E-state index in [1.807, 2.05) is 0 Å². The minimum absolute atomic E-state index is 0.0406. The lowest BCUT2D eigenvalue weighted by Gasteiger charge is -2.17. The first kappa shape index (κ1) is 29.2. The standard InChI is InChI=1S/C25H37N3O6SSi2/c1-31-25(30)20-14-35-23(27-20)18-12-19-22(21(13-18)34-17-33-9-11-37(5,6)7)26-15-28(24(19)29)16-32-8-10-36(2,3)4/h12-15H,8-11,16-17H2,1-7H3. The van der Waals surface area contributed by atoms with Gasteiger partial charge >= 0.3 is 5.97 Å². The number of carbonyl (C=O) groups excluding carboxylic acids is 1. The maximum absolute atomic E-state index is 13.4. The second-order valence-corrected chi connectivity index (χ2v) is 23.3. The average Bonchev–Trinajstić information content (AvgIpc) is 3.31. The van der Waals surface area contributed by atoms with Crippen LogP contribution in [-0.2, 0) is 20.9 Å². The van der Waals surface area contributed by atoms with Crippen LogP contribution in [0.25, 0.3) is 21.5 Å². The van der Waals surface area contributed by atoms with Crippen molar-refractivity contribution in [3.8, 4) is 16.3 Å². The summed E-state index contributed by atoms with van der Waals surface area (Å²) < 4.78 is 23.7. The van der Waals surface area contributed by atoms with Crippen LogP contribution >= 0.6 is 11.3 Å². The normalized spacial score (nSPS) is 12.2. The number of hydrogen-bond acceptors (Lipinski definition) is 9. The Morgan fingerprint density at radius 3 is 2.35 bits per heavy atom. The molecule has 0 atom stereocenters. The van der Waals surface area contributed by atoms with Crippen molar-refractivity contribution in [3.05, 3.63) is 39.9 Å². The van der Waals surface area contributed by atoms with Gasteiger partial charge in [-0.25, -0.2) is 14.8 Å². The zero-order chi connectivity index (χ0) is 27.2. The molecular weight excluding hydrogens is 527 g/mol. The van der Waals surface area contributed by atoms with Crippen LogP contribution in [-0.4, -0.2) is 63.8 Å². The van der Waals surface area contributed by atoms with E-state index in [1.165, 1.54) is 29.3 Å². The molecule has 0 radical (unpaired) electrons. The Balaban J connectivity index is 1.90. The molecule has 0 spiro atoms. The van der Waals surface area contributed by atoms with E-state index >= 15 is 0 Å². The summed E-state index contributed by atoms with van der Waals surface area (Å²) in [4.78, 5) is 34.2. The van der Waals surface area contributed by atoms with Gasteiger partial charge < -0.3 is 18.9 Å². The van der Waals surface area contributed by atoms with E-state index in [0.29, 0.717) is 40.4 Å². The topological polar surface area (TPSA) is 102 Å². The van der Waals surface area contributed by atoms with Crippen molar-refractivity contribution in [2.75, 3.05) is 27.1 Å². The molecule has 9 nitrogen and oxygen atoms in total. The summed E-state index contributed by atoms with van der Waals surface area (Å²) in [6.07, 6.45) is 1.48. The third-order valence-corrected chi connectivity index (χ3v) is 9.86. The number of ether oxygens (including phenoxy) is 4. The lowest BCUT2D eigenvalue weighted by Crippen LogP contribution is -2.25. The van der Waals surface area contributed by atoms with Crippen molar-refractivity contribution in [1.29, 1.82) is 0 Å². The number of nitrogens with zero attached hydrogens (tertiary/aromatic N) is 3. The molecule has 0 aliphatic heterocycles. The zero-order valence-electron chi connectivity index (χ0n) is 22.8. The van der Waals surface area contributed by atoms with Crippen molar-refractivity contribution in [1.82, 2.24) is 14.5 Å². The zero-order valence-corrected chi connectivity index (χ0v) is 25.6. The molecule has 202 valence electrons. The van der Waals surface area contributed by atoms with Crippen molar-refractivity contribution in [2.45, 2.75) is 58.1 Å². The molecule has 0 saturated heterocycles. The van der Waals surface area contributed by atoms with E-state index < -0.39 is 22.1 Å². The maximum atomic E-state index is 13.4. The van der Waals surface area contributed by atoms with Gasteiger partial charge in [-0.1, -0.05) is 39.3 Å². The molecule has 0 amide bonds. The molecule has 2 heterocycles. The van der Waals surface area contributed by atoms with Crippen LogP contribution in [0.1, 0.15) is 10.5 Å². The summed E-state index contributed by atoms with van der Waals surface area (Å²) in [6, 6.07) is 5.52. The van der Waals surface area contributed by atoms with Gasteiger partial charge in [-0.05, 0) is 24.2 Å². The number of fused-ring (bicyclic) bond motifs is 1. The summed E-state index contributed by atoms with van der Waals surface area (Å²) in [5, 5.41) is 2.56. The van der Waals surface area contributed by atoms with Crippen LogP contribution in [0.5, 0.6) is 5.75 Å². The molecule has 0 aliphatic rings. The monoisotopic (exact) mass is 563 g/mol. The van der Waals surface area contributed by atoms with Crippen molar-refractivity contribution in [2.24, 2.45) is 0 Å². The minimum Gasteiger partial charge on any atom is -0.465 e. The number of methoxy groups -OCH3 is 1. The van der Waals surface area contributed by atoms with Gasteiger partial charge in [0.25, 0.3) is 5.56 Å². The van der Waals surface area contributed by atoms with Crippen LogP contribution in [0.4, 0.5) is 0 Å². The number of benzene rings is 1. The van der Waals surface area contributed by atoms with E-state index in [2.05, 4.69) is 49.3 Å². The molecule has 3 aromatic rings. The van der Waals surface area contributed by atoms with E-state index in [1.54, 1.807) is 17.5 Å². The van der Waals surface area contributed by atoms with Gasteiger partial charge in [-0.15, -0.1) is 11.3 Å². The molecule has 12 heteroatoms. The number of carbonyl (C=O) groups is 1. The third-order valence-electron chi connectivity index (χ3n) is 5.56. The Morgan fingerprint density at radius 2 is 1.70 bits per heavy atom. The second-order valence-electron chi connectivity index (χ2n) is 11.2. The molecule has 0 aliphatic carbocycles. The van der Waals surface area contributed by atoms with Crippen LogP contribution in [0.15, 0.2) is 28.6 Å². The van der Waals surface area contributed by atoms with Gasteiger partial charge in [-0.2, -0.15) is 0 Å². The molecule has 0 N–H and O–H groups in total. The van der Waals surface area contributed by atoms with Crippen molar-refractivity contribution >= 4 is 44.4 Å². The Bertz CT molecular complexity index is 1280. The minimum atomic E-state index is -1.24. The number of hydrogen-bond donors (Lipinski definition) is 0. The first-order valence-corrected chi connectivity index (χ1v) is 20.5. The second kappa shape index (κ2) is 12.4. The molecule has 0 bridgehead atoms. The molecule has 1 aromatic carbocycles. The highest BCUT2D eigenvalue weighted by atomic mass is 32.1. The smallest absolute Gasteiger partial charge is 0.357 e. The van der Waals surface area contributed by atoms with E-state index in [-0.39, 0.29) is 24.8 Å². The van der Waals surface area contributed by atoms with Gasteiger partial charge in [0.15, 0.2) is 12.5 Å². The van der Waals surface area contributed by atoms with Crippen LogP contribution < -0.4 is 10.3 Å². The highest BCUT2D eigenvalue weighted by Gasteiger charge is 2.18. The molecule has 37 heavy (non-hydrogen) atoms. The fourth-order valence-electron chi connectivity index (χ4n) is 3.25. The molecule has 2 aromatic heterocycles. The van der Waals surface area contributed by atoms with Crippen LogP contribution in [0.3, 0.4) is 0 Å². The molecule has 3 rings (SSSR count). The first-order valence-electron chi connectivity index (χ1n) is 12.2. The summed E-state index contributed by atoms with van der Waals surface area (Å²) >= 11 is 1.28.